The van der Waals surface area contributed by atoms with Gasteiger partial charge in [0.15, 0.2) is 0 Å². The minimum atomic E-state index is 0.168. The monoisotopic (exact) mass is 314 g/mol. The Morgan fingerprint density at radius 3 is 3.05 bits per heavy atom. The fourth-order valence-corrected chi connectivity index (χ4v) is 5.57. The first kappa shape index (κ1) is 16.1. The minimum Gasteiger partial charge on any atom is -0.374 e. The molecule has 4 unspecified atom stereocenters. The van der Waals surface area contributed by atoms with Gasteiger partial charge in [0.05, 0.1) is 18.3 Å². The lowest BCUT2D eigenvalue weighted by Crippen LogP contribution is -2.56. The summed E-state index contributed by atoms with van der Waals surface area (Å²) >= 11 is 2.06. The maximum atomic E-state index is 6.18. The van der Waals surface area contributed by atoms with Crippen molar-refractivity contribution >= 4 is 11.8 Å². The average Bonchev–Trinajstić information content (AvgIpc) is 2.96. The van der Waals surface area contributed by atoms with Crippen molar-refractivity contribution in [2.75, 3.05) is 51.4 Å². The average molecular weight is 314 g/mol. The van der Waals surface area contributed by atoms with Gasteiger partial charge in [0.1, 0.15) is 0 Å². The normalized spacial score (nSPS) is 39.7. The number of hydrogen-bond donors (Lipinski definition) is 1. The molecule has 4 nitrogen and oxygen atoms in total. The molecule has 5 heteroatoms. The van der Waals surface area contributed by atoms with E-state index in [0.29, 0.717) is 18.1 Å². The highest BCUT2D eigenvalue weighted by atomic mass is 32.2. The second kappa shape index (κ2) is 7.18. The van der Waals surface area contributed by atoms with E-state index < -0.39 is 0 Å². The van der Waals surface area contributed by atoms with Crippen molar-refractivity contribution in [2.24, 2.45) is 5.92 Å². The third kappa shape index (κ3) is 3.58. The number of thioether (sulfide) groups is 1. The lowest BCUT2D eigenvalue weighted by Gasteiger charge is -2.45. The van der Waals surface area contributed by atoms with Crippen LogP contribution >= 0.6 is 11.8 Å². The molecule has 4 atom stereocenters. The number of nitrogens with one attached hydrogen (secondary N) is 1. The first-order chi connectivity index (χ1) is 10.3. The molecule has 0 aliphatic carbocycles. The van der Waals surface area contributed by atoms with E-state index in [0.717, 1.165) is 32.8 Å². The van der Waals surface area contributed by atoms with Crippen LogP contribution in [0.25, 0.3) is 0 Å². The van der Waals surface area contributed by atoms with Gasteiger partial charge in [-0.3, -0.25) is 4.90 Å². The van der Waals surface area contributed by atoms with E-state index in [4.69, 9.17) is 9.47 Å². The van der Waals surface area contributed by atoms with Gasteiger partial charge >= 0.3 is 0 Å². The van der Waals surface area contributed by atoms with Gasteiger partial charge in [-0.25, -0.2) is 0 Å². The highest BCUT2D eigenvalue weighted by Crippen LogP contribution is 2.41. The van der Waals surface area contributed by atoms with Gasteiger partial charge in [-0.2, -0.15) is 11.8 Å². The zero-order valence-electron chi connectivity index (χ0n) is 13.5. The van der Waals surface area contributed by atoms with Crippen molar-refractivity contribution in [1.82, 2.24) is 10.2 Å². The second-order valence-electron chi connectivity index (χ2n) is 6.70. The zero-order valence-corrected chi connectivity index (χ0v) is 14.3. The Labute approximate surface area is 133 Å². The van der Waals surface area contributed by atoms with Crippen molar-refractivity contribution in [3.05, 3.63) is 0 Å². The SMILES string of the molecule is CCN1CCOC(C(NC)C2CCOC3(CCSC3)C2)C1. The van der Waals surface area contributed by atoms with E-state index in [-0.39, 0.29) is 5.60 Å². The number of hydrogen-bond acceptors (Lipinski definition) is 5. The third-order valence-corrected chi connectivity index (χ3v) is 6.69. The first-order valence-corrected chi connectivity index (χ1v) is 9.65. The molecule has 3 aliphatic rings. The van der Waals surface area contributed by atoms with E-state index in [2.05, 4.69) is 35.9 Å². The van der Waals surface area contributed by atoms with Crippen LogP contribution < -0.4 is 5.32 Å². The Kier molecular flexibility index (Phi) is 5.49. The molecular weight excluding hydrogens is 284 g/mol. The fraction of sp³-hybridized carbons (Fsp3) is 1.00. The predicted molar refractivity (Wildman–Crippen MR) is 88.1 cm³/mol. The summed E-state index contributed by atoms with van der Waals surface area (Å²) in [6.45, 7) is 7.33. The molecule has 3 saturated heterocycles. The number of likely N-dealkylation sites (N-methyl/N-ethyl adjacent to an activating group) is 2. The molecule has 21 heavy (non-hydrogen) atoms. The van der Waals surface area contributed by atoms with E-state index in [1.54, 1.807) is 0 Å². The molecule has 0 aromatic carbocycles. The van der Waals surface area contributed by atoms with Gasteiger partial charge in [-0.1, -0.05) is 6.92 Å². The molecule has 0 amide bonds. The first-order valence-electron chi connectivity index (χ1n) is 8.49. The lowest BCUT2D eigenvalue weighted by atomic mass is 9.79. The minimum absolute atomic E-state index is 0.168. The summed E-state index contributed by atoms with van der Waals surface area (Å²) < 4.78 is 12.3. The van der Waals surface area contributed by atoms with E-state index >= 15 is 0 Å². The maximum Gasteiger partial charge on any atom is 0.0857 e. The van der Waals surface area contributed by atoms with Crippen LogP contribution in [0.2, 0.25) is 0 Å². The molecule has 1 spiro atoms. The van der Waals surface area contributed by atoms with Crippen LogP contribution in [0.1, 0.15) is 26.2 Å². The van der Waals surface area contributed by atoms with Crippen LogP contribution in [-0.4, -0.2) is 74.0 Å². The van der Waals surface area contributed by atoms with Crippen molar-refractivity contribution in [3.8, 4) is 0 Å². The number of ether oxygens (including phenoxy) is 2. The van der Waals surface area contributed by atoms with Crippen LogP contribution in [0.15, 0.2) is 0 Å². The second-order valence-corrected chi connectivity index (χ2v) is 7.81. The summed E-state index contributed by atoms with van der Waals surface area (Å²) in [5.74, 6) is 3.14. The van der Waals surface area contributed by atoms with Crippen LogP contribution in [0.3, 0.4) is 0 Å². The molecule has 122 valence electrons. The Hall–Kier alpha value is 0.190. The molecule has 1 N–H and O–H groups in total. The molecule has 3 rings (SSSR count). The highest BCUT2D eigenvalue weighted by molar-refractivity contribution is 7.99. The van der Waals surface area contributed by atoms with Crippen LogP contribution in [0.4, 0.5) is 0 Å². The summed E-state index contributed by atoms with van der Waals surface area (Å²) in [4.78, 5) is 2.51. The van der Waals surface area contributed by atoms with Crippen molar-refractivity contribution in [3.63, 3.8) is 0 Å². The van der Waals surface area contributed by atoms with Crippen molar-refractivity contribution in [1.29, 1.82) is 0 Å². The van der Waals surface area contributed by atoms with E-state index in [1.165, 1.54) is 30.8 Å². The van der Waals surface area contributed by atoms with Gasteiger partial charge in [0.2, 0.25) is 0 Å². The number of rotatable bonds is 4. The topological polar surface area (TPSA) is 33.7 Å². The molecule has 0 aromatic rings. The van der Waals surface area contributed by atoms with Crippen LogP contribution in [-0.2, 0) is 9.47 Å². The Balaban J connectivity index is 1.64. The lowest BCUT2D eigenvalue weighted by molar-refractivity contribution is -0.108. The van der Waals surface area contributed by atoms with Gasteiger partial charge < -0.3 is 14.8 Å². The Morgan fingerprint density at radius 2 is 2.33 bits per heavy atom. The quantitative estimate of drug-likeness (QED) is 0.852. The van der Waals surface area contributed by atoms with E-state index in [9.17, 15) is 0 Å². The predicted octanol–water partition coefficient (Wildman–Crippen LogP) is 1.60. The molecule has 3 heterocycles. The summed E-state index contributed by atoms with van der Waals surface area (Å²) in [6.07, 6.45) is 3.94. The molecule has 3 fully saturated rings. The maximum absolute atomic E-state index is 6.18. The van der Waals surface area contributed by atoms with Gasteiger partial charge in [0, 0.05) is 31.5 Å². The number of morpholine rings is 1. The van der Waals surface area contributed by atoms with Gasteiger partial charge in [-0.15, -0.1) is 0 Å². The molecule has 3 aliphatic heterocycles. The third-order valence-electron chi connectivity index (χ3n) is 5.46. The standard InChI is InChI=1S/C16H30N2O2S/c1-3-18-6-8-19-14(11-18)15(17-2)13-4-7-20-16(10-13)5-9-21-12-16/h13-15,17H,3-12H2,1-2H3. The summed E-state index contributed by atoms with van der Waals surface area (Å²) in [5.41, 5.74) is 0.168. The number of nitrogens with zero attached hydrogens (tertiary/aromatic N) is 1. The van der Waals surface area contributed by atoms with Gasteiger partial charge in [-0.05, 0) is 44.5 Å². The van der Waals surface area contributed by atoms with Crippen molar-refractivity contribution < 1.29 is 9.47 Å². The summed E-state index contributed by atoms with van der Waals surface area (Å²) in [7, 11) is 2.10. The zero-order chi connectivity index (χ0) is 14.7. The Bertz CT molecular complexity index is 336. The summed E-state index contributed by atoms with van der Waals surface area (Å²) in [6, 6.07) is 0.464. The summed E-state index contributed by atoms with van der Waals surface area (Å²) in [5, 5.41) is 3.58. The highest BCUT2D eigenvalue weighted by Gasteiger charge is 2.44. The molecule has 0 aromatic heterocycles. The molecule has 0 bridgehead atoms. The Morgan fingerprint density at radius 1 is 1.43 bits per heavy atom. The van der Waals surface area contributed by atoms with Gasteiger partial charge in [0.25, 0.3) is 0 Å². The van der Waals surface area contributed by atoms with Crippen LogP contribution in [0, 0.1) is 5.92 Å². The van der Waals surface area contributed by atoms with E-state index in [1.807, 2.05) is 0 Å². The van der Waals surface area contributed by atoms with Crippen LogP contribution in [0.5, 0.6) is 0 Å². The smallest absolute Gasteiger partial charge is 0.0857 e. The molecule has 0 radical (unpaired) electrons. The molecular formula is C16H30N2O2S. The molecule has 0 saturated carbocycles. The largest absolute Gasteiger partial charge is 0.374 e. The van der Waals surface area contributed by atoms with Crippen molar-refractivity contribution in [2.45, 2.75) is 43.9 Å². The fourth-order valence-electron chi connectivity index (χ4n) is 4.20.